The second-order valence-electron chi connectivity index (χ2n) is 6.58. The number of hydrogen-bond acceptors (Lipinski definition) is 8. The number of rotatable bonds is 7. The summed E-state index contributed by atoms with van der Waals surface area (Å²) in [6, 6.07) is 5.97. The number of likely N-dealkylation sites (N-methyl/N-ethyl adjacent to an activating group) is 1. The summed E-state index contributed by atoms with van der Waals surface area (Å²) in [4.78, 5) is 6.07. The van der Waals surface area contributed by atoms with Crippen LogP contribution in [0, 0.1) is 11.3 Å². The van der Waals surface area contributed by atoms with Gasteiger partial charge in [0.2, 0.25) is 5.88 Å². The van der Waals surface area contributed by atoms with Crippen LogP contribution in [0.4, 0.5) is 13.2 Å². The standard InChI is InChI=1S/C18H16F3N5O4S/c1-25(2)5-6-29-16-4-3-12(9-23-16)13-7-15(30-31(27,28)18(19,20)21)17-14(8-22)10-24-26(17)11-13/h3-4,7,9-11H,5-6H2,1-2H3. The summed E-state index contributed by atoms with van der Waals surface area (Å²) in [7, 11) is -2.18. The Hall–Kier alpha value is -3.37. The first kappa shape index (κ1) is 22.3. The second-order valence-corrected chi connectivity index (χ2v) is 8.11. The number of nitriles is 1. The van der Waals surface area contributed by atoms with E-state index in [2.05, 4.69) is 14.3 Å². The Morgan fingerprint density at radius 2 is 1.97 bits per heavy atom. The summed E-state index contributed by atoms with van der Waals surface area (Å²) in [5.41, 5.74) is -5.30. The normalized spacial score (nSPS) is 12.2. The van der Waals surface area contributed by atoms with E-state index < -0.39 is 21.4 Å². The third-order valence-corrected chi connectivity index (χ3v) is 5.00. The van der Waals surface area contributed by atoms with Crippen molar-refractivity contribution in [3.05, 3.63) is 42.4 Å². The number of fused-ring (bicyclic) bond motifs is 1. The number of halogens is 3. The number of nitrogens with zero attached hydrogens (tertiary/aromatic N) is 5. The van der Waals surface area contributed by atoms with Gasteiger partial charge in [0.25, 0.3) is 0 Å². The van der Waals surface area contributed by atoms with Crippen LogP contribution in [0.3, 0.4) is 0 Å². The van der Waals surface area contributed by atoms with Crippen LogP contribution in [0.5, 0.6) is 11.6 Å². The molecule has 13 heteroatoms. The van der Waals surface area contributed by atoms with Gasteiger partial charge < -0.3 is 13.8 Å². The average molecular weight is 455 g/mol. The maximum absolute atomic E-state index is 12.8. The number of hydrogen-bond donors (Lipinski definition) is 0. The summed E-state index contributed by atoms with van der Waals surface area (Å²) in [6.07, 6.45) is 3.90. The van der Waals surface area contributed by atoms with Crippen LogP contribution in [0.25, 0.3) is 16.6 Å². The smallest absolute Gasteiger partial charge is 0.476 e. The topological polar surface area (TPSA) is 110 Å². The minimum Gasteiger partial charge on any atom is -0.476 e. The van der Waals surface area contributed by atoms with E-state index in [0.29, 0.717) is 24.6 Å². The van der Waals surface area contributed by atoms with Crippen LogP contribution in [-0.4, -0.2) is 60.7 Å². The zero-order valence-electron chi connectivity index (χ0n) is 16.3. The van der Waals surface area contributed by atoms with Gasteiger partial charge in [-0.1, -0.05) is 0 Å². The minimum atomic E-state index is -5.96. The fraction of sp³-hybridized carbons (Fsp3) is 0.278. The predicted molar refractivity (Wildman–Crippen MR) is 103 cm³/mol. The third kappa shape index (κ3) is 4.86. The van der Waals surface area contributed by atoms with Gasteiger partial charge in [-0.2, -0.15) is 31.9 Å². The number of pyridine rings is 2. The number of alkyl halides is 3. The predicted octanol–water partition coefficient (Wildman–Crippen LogP) is 2.44. The van der Waals surface area contributed by atoms with Crippen LogP contribution >= 0.6 is 0 Å². The van der Waals surface area contributed by atoms with Gasteiger partial charge in [-0.15, -0.1) is 0 Å². The molecule has 0 saturated carbocycles. The molecule has 0 aliphatic heterocycles. The molecule has 0 aromatic carbocycles. The van der Waals surface area contributed by atoms with Crippen molar-refractivity contribution in [3.8, 4) is 28.8 Å². The maximum atomic E-state index is 12.8. The highest BCUT2D eigenvalue weighted by atomic mass is 32.2. The zero-order valence-corrected chi connectivity index (χ0v) is 17.1. The largest absolute Gasteiger partial charge is 0.534 e. The van der Waals surface area contributed by atoms with Crippen molar-refractivity contribution in [2.24, 2.45) is 0 Å². The van der Waals surface area contributed by atoms with Gasteiger partial charge in [-0.05, 0) is 26.2 Å². The molecule has 3 aromatic rings. The van der Waals surface area contributed by atoms with Gasteiger partial charge in [0.15, 0.2) is 5.75 Å². The van der Waals surface area contributed by atoms with Gasteiger partial charge >= 0.3 is 15.6 Å². The molecule has 0 fully saturated rings. The quantitative estimate of drug-likeness (QED) is 0.395. The van der Waals surface area contributed by atoms with Gasteiger partial charge in [0, 0.05) is 36.1 Å². The first-order valence-electron chi connectivity index (χ1n) is 8.68. The molecule has 0 radical (unpaired) electrons. The summed E-state index contributed by atoms with van der Waals surface area (Å²) < 4.78 is 72.4. The van der Waals surface area contributed by atoms with Gasteiger partial charge in [-0.25, -0.2) is 9.50 Å². The van der Waals surface area contributed by atoms with Crippen molar-refractivity contribution in [1.29, 1.82) is 5.26 Å². The van der Waals surface area contributed by atoms with Crippen molar-refractivity contribution in [3.63, 3.8) is 0 Å². The molecule has 0 unspecified atom stereocenters. The van der Waals surface area contributed by atoms with Crippen molar-refractivity contribution >= 4 is 15.6 Å². The van der Waals surface area contributed by atoms with Crippen molar-refractivity contribution in [2.75, 3.05) is 27.2 Å². The first-order chi connectivity index (χ1) is 14.5. The Morgan fingerprint density at radius 1 is 1.23 bits per heavy atom. The summed E-state index contributed by atoms with van der Waals surface area (Å²) in [6.45, 7) is 1.08. The van der Waals surface area contributed by atoms with E-state index in [-0.39, 0.29) is 16.6 Å². The average Bonchev–Trinajstić information content (AvgIpc) is 3.10. The summed E-state index contributed by atoms with van der Waals surface area (Å²) in [5.74, 6) is -0.344. The Bertz CT molecular complexity index is 1230. The fourth-order valence-corrected chi connectivity index (χ4v) is 2.98. The molecular weight excluding hydrogens is 439 g/mol. The molecule has 0 atom stereocenters. The zero-order chi connectivity index (χ0) is 22.8. The molecule has 0 spiro atoms. The van der Waals surface area contributed by atoms with Crippen LogP contribution in [-0.2, 0) is 10.1 Å². The van der Waals surface area contributed by atoms with Crippen LogP contribution in [0.2, 0.25) is 0 Å². The lowest BCUT2D eigenvalue weighted by Crippen LogP contribution is -2.28. The van der Waals surface area contributed by atoms with Crippen molar-refractivity contribution < 1.29 is 30.5 Å². The number of aromatic nitrogens is 3. The highest BCUT2D eigenvalue weighted by Crippen LogP contribution is 2.34. The highest BCUT2D eigenvalue weighted by molar-refractivity contribution is 7.88. The maximum Gasteiger partial charge on any atom is 0.534 e. The van der Waals surface area contributed by atoms with E-state index >= 15 is 0 Å². The summed E-state index contributed by atoms with van der Waals surface area (Å²) >= 11 is 0. The molecule has 0 N–H and O–H groups in total. The monoisotopic (exact) mass is 455 g/mol. The molecule has 164 valence electrons. The molecule has 0 amide bonds. The molecule has 9 nitrogen and oxygen atoms in total. The van der Waals surface area contributed by atoms with Crippen molar-refractivity contribution in [1.82, 2.24) is 19.5 Å². The van der Waals surface area contributed by atoms with E-state index in [1.807, 2.05) is 19.0 Å². The summed E-state index contributed by atoms with van der Waals surface area (Å²) in [5, 5.41) is 13.1. The molecular formula is C18H16F3N5O4S. The van der Waals surface area contributed by atoms with Crippen molar-refractivity contribution in [2.45, 2.75) is 5.51 Å². The van der Waals surface area contributed by atoms with E-state index in [1.165, 1.54) is 12.4 Å². The lowest BCUT2D eigenvalue weighted by atomic mass is 10.1. The molecule has 0 bridgehead atoms. The molecule has 3 heterocycles. The Morgan fingerprint density at radius 3 is 2.55 bits per heavy atom. The second kappa shape index (κ2) is 8.40. The first-order valence-corrected chi connectivity index (χ1v) is 10.1. The third-order valence-electron chi connectivity index (χ3n) is 4.04. The van der Waals surface area contributed by atoms with E-state index in [4.69, 9.17) is 4.74 Å². The Labute approximate surface area is 175 Å². The molecule has 0 aliphatic rings. The van der Waals surface area contributed by atoms with Gasteiger partial charge in [-0.3, -0.25) is 0 Å². The fourth-order valence-electron chi connectivity index (χ4n) is 2.52. The molecule has 3 aromatic heterocycles. The van der Waals surface area contributed by atoms with E-state index in [1.54, 1.807) is 18.2 Å². The lowest BCUT2D eigenvalue weighted by molar-refractivity contribution is -0.0499. The van der Waals surface area contributed by atoms with Gasteiger partial charge in [0.1, 0.15) is 23.8 Å². The molecule has 0 saturated heterocycles. The Kier molecular flexibility index (Phi) is 6.05. The van der Waals surface area contributed by atoms with E-state index in [0.717, 1.165) is 16.8 Å². The van der Waals surface area contributed by atoms with Crippen LogP contribution in [0.1, 0.15) is 5.56 Å². The minimum absolute atomic E-state index is 0.151. The highest BCUT2D eigenvalue weighted by Gasteiger charge is 2.49. The molecule has 3 rings (SSSR count). The van der Waals surface area contributed by atoms with Crippen LogP contribution < -0.4 is 8.92 Å². The molecule has 31 heavy (non-hydrogen) atoms. The van der Waals surface area contributed by atoms with Gasteiger partial charge in [0.05, 0.1) is 6.20 Å². The number of ether oxygens (including phenoxy) is 1. The SMILES string of the molecule is CN(C)CCOc1ccc(-c2cc(OS(=O)(=O)C(F)(F)F)c3c(C#N)cnn3c2)cn1. The molecule has 0 aliphatic carbocycles. The van der Waals surface area contributed by atoms with E-state index in [9.17, 15) is 26.9 Å². The lowest BCUT2D eigenvalue weighted by Gasteiger charge is -2.13. The Balaban J connectivity index is 2.00. The van der Waals surface area contributed by atoms with Crippen LogP contribution in [0.15, 0.2) is 36.8 Å².